The summed E-state index contributed by atoms with van der Waals surface area (Å²) in [6, 6.07) is 9.62. The quantitative estimate of drug-likeness (QED) is 0.775. The Hall–Kier alpha value is -2.03. The fraction of sp³-hybridized carbons (Fsp3) is 0.500. The van der Waals surface area contributed by atoms with Gasteiger partial charge in [-0.3, -0.25) is 9.78 Å². The van der Waals surface area contributed by atoms with Gasteiger partial charge in [-0.2, -0.15) is 0 Å². The van der Waals surface area contributed by atoms with Crippen LogP contribution in [0.15, 0.2) is 36.5 Å². The third kappa shape index (κ3) is 3.29. The van der Waals surface area contributed by atoms with Crippen molar-refractivity contribution in [2.24, 2.45) is 11.3 Å². The first kappa shape index (κ1) is 19.3. The molecule has 0 bridgehead atoms. The highest BCUT2D eigenvalue weighted by molar-refractivity contribution is 7.88. The average Bonchev–Trinajstić information content (AvgIpc) is 3.06. The number of pyridine rings is 1. The van der Waals surface area contributed by atoms with Crippen molar-refractivity contribution < 1.29 is 17.9 Å². The zero-order valence-electron chi connectivity index (χ0n) is 16.2. The van der Waals surface area contributed by atoms with E-state index in [1.54, 1.807) is 13.3 Å². The number of fused-ring (bicyclic) bond motifs is 2. The minimum absolute atomic E-state index is 0.0508. The summed E-state index contributed by atoms with van der Waals surface area (Å²) >= 11 is 0. The van der Waals surface area contributed by atoms with Crippen molar-refractivity contribution in [3.63, 3.8) is 0 Å². The Labute approximate surface area is 165 Å². The molecule has 2 aliphatic heterocycles. The molecule has 0 saturated carbocycles. The van der Waals surface area contributed by atoms with E-state index in [2.05, 4.69) is 4.98 Å². The molecule has 1 amide bonds. The third-order valence-electron chi connectivity index (χ3n) is 6.17. The number of hydrogen-bond donors (Lipinski definition) is 0. The van der Waals surface area contributed by atoms with Crippen LogP contribution in [0.3, 0.4) is 0 Å². The van der Waals surface area contributed by atoms with Gasteiger partial charge in [0.15, 0.2) is 0 Å². The summed E-state index contributed by atoms with van der Waals surface area (Å²) in [5, 5.41) is 1.82. The van der Waals surface area contributed by atoms with Gasteiger partial charge in [-0.25, -0.2) is 12.7 Å². The van der Waals surface area contributed by atoms with Crippen molar-refractivity contribution in [1.29, 1.82) is 0 Å². The summed E-state index contributed by atoms with van der Waals surface area (Å²) in [6.45, 7) is 2.46. The molecule has 0 N–H and O–H groups in total. The molecule has 1 aromatic carbocycles. The van der Waals surface area contributed by atoms with Crippen LogP contribution in [0.2, 0.25) is 0 Å². The minimum atomic E-state index is -3.27. The van der Waals surface area contributed by atoms with Crippen molar-refractivity contribution in [3.05, 3.63) is 42.2 Å². The molecule has 4 rings (SSSR count). The van der Waals surface area contributed by atoms with E-state index in [9.17, 15) is 13.2 Å². The molecule has 1 aromatic heterocycles. The SMILES string of the molecule is COCC12CCN(C(=O)c3nccc4ccccc34)CC1CN(S(C)(=O)=O)C2. The third-order valence-corrected chi connectivity index (χ3v) is 7.38. The summed E-state index contributed by atoms with van der Waals surface area (Å²) in [7, 11) is -1.63. The van der Waals surface area contributed by atoms with E-state index in [0.717, 1.165) is 10.8 Å². The lowest BCUT2D eigenvalue weighted by Gasteiger charge is -2.43. The Morgan fingerprint density at radius 3 is 2.82 bits per heavy atom. The zero-order valence-corrected chi connectivity index (χ0v) is 17.0. The molecule has 0 spiro atoms. The highest BCUT2D eigenvalue weighted by atomic mass is 32.2. The van der Waals surface area contributed by atoms with Gasteiger partial charge < -0.3 is 9.64 Å². The van der Waals surface area contributed by atoms with E-state index in [1.807, 2.05) is 35.2 Å². The van der Waals surface area contributed by atoms with Gasteiger partial charge in [-0.1, -0.05) is 24.3 Å². The van der Waals surface area contributed by atoms with E-state index in [-0.39, 0.29) is 17.2 Å². The zero-order chi connectivity index (χ0) is 19.9. The molecule has 2 saturated heterocycles. The monoisotopic (exact) mass is 403 g/mol. The first-order valence-electron chi connectivity index (χ1n) is 9.41. The summed E-state index contributed by atoms with van der Waals surface area (Å²) in [4.78, 5) is 19.4. The molecule has 2 unspecified atom stereocenters. The van der Waals surface area contributed by atoms with Crippen LogP contribution in [-0.4, -0.2) is 74.7 Å². The van der Waals surface area contributed by atoms with Crippen LogP contribution >= 0.6 is 0 Å². The van der Waals surface area contributed by atoms with Crippen LogP contribution < -0.4 is 0 Å². The van der Waals surface area contributed by atoms with Gasteiger partial charge in [0.25, 0.3) is 5.91 Å². The van der Waals surface area contributed by atoms with E-state index >= 15 is 0 Å². The molecule has 0 aliphatic carbocycles. The van der Waals surface area contributed by atoms with E-state index < -0.39 is 10.0 Å². The molecule has 3 heterocycles. The summed E-state index contributed by atoms with van der Waals surface area (Å²) in [6.07, 6.45) is 3.62. The number of aromatic nitrogens is 1. The number of nitrogens with zero attached hydrogens (tertiary/aromatic N) is 3. The standard InChI is InChI=1S/C20H25N3O4S/c1-27-14-20-8-10-22(11-16(20)12-23(13-20)28(2,25)26)19(24)18-17-6-4-3-5-15(17)7-9-21-18/h3-7,9,16H,8,10-14H2,1-2H3. The Morgan fingerprint density at radius 2 is 2.07 bits per heavy atom. The molecule has 2 aliphatic rings. The maximum atomic E-state index is 13.2. The van der Waals surface area contributed by atoms with Crippen molar-refractivity contribution in [3.8, 4) is 0 Å². The van der Waals surface area contributed by atoms with Crippen molar-refractivity contribution in [2.75, 3.05) is 46.2 Å². The highest BCUT2D eigenvalue weighted by Gasteiger charge is 2.52. The smallest absolute Gasteiger partial charge is 0.273 e. The number of ether oxygens (including phenoxy) is 1. The van der Waals surface area contributed by atoms with Crippen LogP contribution in [-0.2, 0) is 14.8 Å². The number of methoxy groups -OCH3 is 1. The van der Waals surface area contributed by atoms with Gasteiger partial charge in [0, 0.05) is 50.3 Å². The van der Waals surface area contributed by atoms with Gasteiger partial charge >= 0.3 is 0 Å². The van der Waals surface area contributed by atoms with Gasteiger partial charge in [-0.05, 0) is 23.8 Å². The number of likely N-dealkylation sites (tertiary alicyclic amines) is 1. The normalized spacial score (nSPS) is 25.8. The molecule has 0 radical (unpaired) electrons. The molecule has 2 fully saturated rings. The molecular formula is C20H25N3O4S. The van der Waals surface area contributed by atoms with Gasteiger partial charge in [0.2, 0.25) is 10.0 Å². The Bertz CT molecular complexity index is 1000. The Balaban J connectivity index is 1.61. The molecule has 28 heavy (non-hydrogen) atoms. The maximum Gasteiger partial charge on any atom is 0.273 e. The predicted molar refractivity (Wildman–Crippen MR) is 106 cm³/mol. The number of amides is 1. The number of carbonyl (C=O) groups is 1. The van der Waals surface area contributed by atoms with E-state index in [0.29, 0.717) is 44.9 Å². The summed E-state index contributed by atoms with van der Waals surface area (Å²) < 4.78 is 31.2. The van der Waals surface area contributed by atoms with Crippen LogP contribution in [0.1, 0.15) is 16.9 Å². The van der Waals surface area contributed by atoms with E-state index in [1.165, 1.54) is 10.6 Å². The van der Waals surface area contributed by atoms with E-state index in [4.69, 9.17) is 4.74 Å². The lowest BCUT2D eigenvalue weighted by molar-refractivity contribution is 0.00330. The van der Waals surface area contributed by atoms with Crippen LogP contribution in [0.25, 0.3) is 10.8 Å². The fourth-order valence-corrected chi connectivity index (χ4v) is 5.58. The number of benzene rings is 1. The van der Waals surface area contributed by atoms with Crippen molar-refractivity contribution in [2.45, 2.75) is 6.42 Å². The second-order valence-corrected chi connectivity index (χ2v) is 9.91. The minimum Gasteiger partial charge on any atom is -0.384 e. The number of sulfonamides is 1. The van der Waals surface area contributed by atoms with Crippen molar-refractivity contribution >= 4 is 26.7 Å². The second kappa shape index (κ2) is 7.09. The first-order chi connectivity index (χ1) is 13.3. The average molecular weight is 404 g/mol. The van der Waals surface area contributed by atoms with Gasteiger partial charge in [-0.15, -0.1) is 0 Å². The summed E-state index contributed by atoms with van der Waals surface area (Å²) in [5.41, 5.74) is 0.219. The Kier molecular flexibility index (Phi) is 4.89. The maximum absolute atomic E-state index is 13.2. The highest BCUT2D eigenvalue weighted by Crippen LogP contribution is 2.44. The van der Waals surface area contributed by atoms with Crippen LogP contribution in [0, 0.1) is 11.3 Å². The lowest BCUT2D eigenvalue weighted by atomic mass is 9.73. The molecule has 2 atom stereocenters. The van der Waals surface area contributed by atoms with Gasteiger partial charge in [0.05, 0.1) is 12.9 Å². The van der Waals surface area contributed by atoms with Crippen LogP contribution in [0.4, 0.5) is 0 Å². The second-order valence-electron chi connectivity index (χ2n) is 7.93. The first-order valence-corrected chi connectivity index (χ1v) is 11.3. The molecule has 2 aromatic rings. The molecule has 150 valence electrons. The topological polar surface area (TPSA) is 79.8 Å². The predicted octanol–water partition coefficient (Wildman–Crippen LogP) is 1.60. The summed E-state index contributed by atoms with van der Waals surface area (Å²) in [5.74, 6) is -0.0459. The molecular weight excluding hydrogens is 378 g/mol. The number of rotatable bonds is 4. The largest absolute Gasteiger partial charge is 0.384 e. The number of carbonyl (C=O) groups excluding carboxylic acids is 1. The lowest BCUT2D eigenvalue weighted by Crippen LogP contribution is -2.51. The Morgan fingerprint density at radius 1 is 1.29 bits per heavy atom. The molecule has 8 heteroatoms. The van der Waals surface area contributed by atoms with Crippen LogP contribution in [0.5, 0.6) is 0 Å². The van der Waals surface area contributed by atoms with Gasteiger partial charge in [0.1, 0.15) is 5.69 Å². The molecule has 7 nitrogen and oxygen atoms in total. The number of piperidine rings is 1. The fourth-order valence-electron chi connectivity index (χ4n) is 4.63. The van der Waals surface area contributed by atoms with Crippen molar-refractivity contribution in [1.82, 2.24) is 14.2 Å². The number of hydrogen-bond acceptors (Lipinski definition) is 5.